The van der Waals surface area contributed by atoms with E-state index >= 15 is 0 Å². The van der Waals surface area contributed by atoms with Crippen LogP contribution in [0.4, 0.5) is 10.1 Å². The molecule has 2 heterocycles. The van der Waals surface area contributed by atoms with Crippen molar-refractivity contribution in [2.24, 2.45) is 0 Å². The van der Waals surface area contributed by atoms with Crippen molar-refractivity contribution >= 4 is 11.6 Å². The number of ether oxygens (including phenoxy) is 1. The fourth-order valence-electron chi connectivity index (χ4n) is 2.80. The maximum absolute atomic E-state index is 12.9. The number of amides is 1. The van der Waals surface area contributed by atoms with Crippen molar-refractivity contribution in [2.75, 3.05) is 11.9 Å². The van der Waals surface area contributed by atoms with Crippen LogP contribution < -0.4 is 15.4 Å². The number of carbonyl (C=O) groups excluding carboxylic acids is 1. The summed E-state index contributed by atoms with van der Waals surface area (Å²) in [6.07, 6.45) is 0.836. The Morgan fingerprint density at radius 3 is 2.93 bits per heavy atom. The molecule has 0 bridgehead atoms. The van der Waals surface area contributed by atoms with Crippen LogP contribution in [-0.4, -0.2) is 22.6 Å². The van der Waals surface area contributed by atoms with Gasteiger partial charge in [-0.2, -0.15) is 4.98 Å². The maximum Gasteiger partial charge on any atom is 0.251 e. The molecule has 138 valence electrons. The van der Waals surface area contributed by atoms with Crippen LogP contribution in [0.2, 0.25) is 0 Å². The van der Waals surface area contributed by atoms with E-state index < -0.39 is 0 Å². The summed E-state index contributed by atoms with van der Waals surface area (Å²) in [5.41, 5.74) is 2.53. The first-order valence-corrected chi connectivity index (χ1v) is 8.52. The molecule has 7 nitrogen and oxygen atoms in total. The van der Waals surface area contributed by atoms with Crippen LogP contribution in [0.3, 0.4) is 0 Å². The van der Waals surface area contributed by atoms with Gasteiger partial charge in [0.05, 0.1) is 6.54 Å². The molecule has 1 amide bonds. The smallest absolute Gasteiger partial charge is 0.251 e. The van der Waals surface area contributed by atoms with E-state index in [0.29, 0.717) is 36.1 Å². The zero-order valence-electron chi connectivity index (χ0n) is 14.4. The molecule has 0 aliphatic carbocycles. The number of nitrogens with one attached hydrogen (secondary N) is 2. The Hall–Kier alpha value is -3.42. The number of nitrogens with zero attached hydrogens (tertiary/aromatic N) is 2. The molecule has 0 atom stereocenters. The van der Waals surface area contributed by atoms with E-state index in [-0.39, 0.29) is 18.3 Å². The molecule has 0 spiro atoms. The zero-order chi connectivity index (χ0) is 18.6. The summed E-state index contributed by atoms with van der Waals surface area (Å²) in [5, 5.41) is 9.85. The van der Waals surface area contributed by atoms with Crippen LogP contribution in [0.15, 0.2) is 47.0 Å². The van der Waals surface area contributed by atoms with Crippen molar-refractivity contribution in [3.05, 3.63) is 71.1 Å². The highest BCUT2D eigenvalue weighted by molar-refractivity contribution is 5.97. The highest BCUT2D eigenvalue weighted by atomic mass is 19.1. The number of halogens is 1. The molecule has 0 fully saturated rings. The Kier molecular flexibility index (Phi) is 4.69. The Balaban J connectivity index is 1.33. The van der Waals surface area contributed by atoms with Gasteiger partial charge in [-0.3, -0.25) is 4.79 Å². The van der Waals surface area contributed by atoms with E-state index in [9.17, 15) is 9.18 Å². The molecule has 0 saturated carbocycles. The number of rotatable bonds is 6. The maximum atomic E-state index is 12.9. The van der Waals surface area contributed by atoms with Gasteiger partial charge in [-0.15, -0.1) is 0 Å². The normalized spacial score (nSPS) is 13.0. The molecule has 3 aromatic rings. The number of carbonyl (C=O) groups is 1. The van der Waals surface area contributed by atoms with Crippen molar-refractivity contribution in [1.29, 1.82) is 0 Å². The highest BCUT2D eigenvalue weighted by Crippen LogP contribution is 2.19. The lowest BCUT2D eigenvalue weighted by molar-refractivity contribution is 0.0946. The second-order valence-corrected chi connectivity index (χ2v) is 6.08. The molecule has 0 radical (unpaired) electrons. The number of benzene rings is 2. The number of hydrogen-bond donors (Lipinski definition) is 2. The van der Waals surface area contributed by atoms with E-state index in [1.54, 1.807) is 0 Å². The standard InChI is InChI=1S/C19H17FN4O3/c20-13-2-5-15(6-3-13)26-11-17-23-18(27-24-17)10-22-14-4-1-12-7-8-21-19(25)16(12)9-14/h1-6,9,22H,7-8,10-11H2,(H,21,25). The predicted octanol–water partition coefficient (Wildman–Crippen LogP) is 2.69. The van der Waals surface area contributed by atoms with Crippen LogP contribution >= 0.6 is 0 Å². The second kappa shape index (κ2) is 7.45. The Morgan fingerprint density at radius 2 is 2.07 bits per heavy atom. The van der Waals surface area contributed by atoms with Crippen LogP contribution in [0, 0.1) is 5.82 Å². The van der Waals surface area contributed by atoms with Gasteiger partial charge >= 0.3 is 0 Å². The lowest BCUT2D eigenvalue weighted by Gasteiger charge is -2.17. The van der Waals surface area contributed by atoms with Gasteiger partial charge in [-0.25, -0.2) is 4.39 Å². The third-order valence-corrected chi connectivity index (χ3v) is 4.17. The molecule has 27 heavy (non-hydrogen) atoms. The molecule has 1 aliphatic heterocycles. The minimum Gasteiger partial charge on any atom is -0.485 e. The summed E-state index contributed by atoms with van der Waals surface area (Å²) in [6, 6.07) is 11.4. The van der Waals surface area contributed by atoms with Crippen LogP contribution in [0.1, 0.15) is 27.6 Å². The largest absolute Gasteiger partial charge is 0.485 e. The lowest BCUT2D eigenvalue weighted by Crippen LogP contribution is -2.31. The summed E-state index contributed by atoms with van der Waals surface area (Å²) in [4.78, 5) is 16.2. The fraction of sp³-hybridized carbons (Fsp3) is 0.211. The van der Waals surface area contributed by atoms with Gasteiger partial charge in [0.15, 0.2) is 6.61 Å². The molecular weight excluding hydrogens is 351 g/mol. The van der Waals surface area contributed by atoms with Crippen molar-refractivity contribution in [3.8, 4) is 5.75 Å². The summed E-state index contributed by atoms with van der Waals surface area (Å²) < 4.78 is 23.5. The zero-order valence-corrected chi connectivity index (χ0v) is 14.4. The first-order chi connectivity index (χ1) is 13.2. The third-order valence-electron chi connectivity index (χ3n) is 4.17. The molecule has 1 aliphatic rings. The van der Waals surface area contributed by atoms with Gasteiger partial charge in [-0.1, -0.05) is 11.2 Å². The molecule has 8 heteroatoms. The van der Waals surface area contributed by atoms with Crippen LogP contribution in [0.25, 0.3) is 0 Å². The van der Waals surface area contributed by atoms with Gasteiger partial charge < -0.3 is 19.9 Å². The Bertz CT molecular complexity index is 956. The Morgan fingerprint density at radius 1 is 1.22 bits per heavy atom. The second-order valence-electron chi connectivity index (χ2n) is 6.08. The fourth-order valence-corrected chi connectivity index (χ4v) is 2.80. The molecule has 1 aromatic heterocycles. The number of fused-ring (bicyclic) bond motifs is 1. The number of anilines is 1. The van der Waals surface area contributed by atoms with Crippen LogP contribution in [0.5, 0.6) is 5.75 Å². The molecule has 4 rings (SSSR count). The van der Waals surface area contributed by atoms with Gasteiger partial charge in [0.1, 0.15) is 11.6 Å². The minimum atomic E-state index is -0.324. The van der Waals surface area contributed by atoms with E-state index in [1.807, 2.05) is 18.2 Å². The number of hydrogen-bond acceptors (Lipinski definition) is 6. The molecule has 2 N–H and O–H groups in total. The third kappa shape index (κ3) is 4.05. The quantitative estimate of drug-likeness (QED) is 0.695. The van der Waals surface area contributed by atoms with Gasteiger partial charge in [0, 0.05) is 17.8 Å². The van der Waals surface area contributed by atoms with Crippen molar-refractivity contribution in [3.63, 3.8) is 0 Å². The number of aromatic nitrogens is 2. The van der Waals surface area contributed by atoms with E-state index in [1.165, 1.54) is 24.3 Å². The van der Waals surface area contributed by atoms with E-state index in [2.05, 4.69) is 20.8 Å². The van der Waals surface area contributed by atoms with E-state index in [0.717, 1.165) is 17.7 Å². The first-order valence-electron chi connectivity index (χ1n) is 8.52. The van der Waals surface area contributed by atoms with Gasteiger partial charge in [-0.05, 0) is 48.4 Å². The highest BCUT2D eigenvalue weighted by Gasteiger charge is 2.16. The van der Waals surface area contributed by atoms with Crippen molar-refractivity contribution < 1.29 is 18.4 Å². The molecule has 0 unspecified atom stereocenters. The monoisotopic (exact) mass is 368 g/mol. The SMILES string of the molecule is O=C1NCCc2ccc(NCc3nc(COc4ccc(F)cc4)no3)cc21. The summed E-state index contributed by atoms with van der Waals surface area (Å²) in [5.74, 6) is 0.928. The topological polar surface area (TPSA) is 89.3 Å². The van der Waals surface area contributed by atoms with Crippen molar-refractivity contribution in [2.45, 2.75) is 19.6 Å². The summed E-state index contributed by atoms with van der Waals surface area (Å²) in [7, 11) is 0. The predicted molar refractivity (Wildman–Crippen MR) is 94.8 cm³/mol. The first kappa shape index (κ1) is 17.0. The minimum absolute atomic E-state index is 0.0575. The average Bonchev–Trinajstić information content (AvgIpc) is 3.14. The lowest BCUT2D eigenvalue weighted by atomic mass is 10.00. The van der Waals surface area contributed by atoms with Gasteiger partial charge in [0.2, 0.25) is 11.7 Å². The summed E-state index contributed by atoms with van der Waals surface area (Å²) in [6.45, 7) is 1.11. The van der Waals surface area contributed by atoms with Crippen LogP contribution in [-0.2, 0) is 19.6 Å². The summed E-state index contributed by atoms with van der Waals surface area (Å²) >= 11 is 0. The molecular formula is C19H17FN4O3. The molecule has 0 saturated heterocycles. The average molecular weight is 368 g/mol. The van der Waals surface area contributed by atoms with E-state index in [4.69, 9.17) is 9.26 Å². The molecule has 2 aromatic carbocycles. The van der Waals surface area contributed by atoms with Crippen molar-refractivity contribution in [1.82, 2.24) is 15.5 Å². The van der Waals surface area contributed by atoms with Gasteiger partial charge in [0.25, 0.3) is 5.91 Å². The Labute approximate surface area is 154 Å².